The second-order valence-corrected chi connectivity index (χ2v) is 13.3. The molecule has 1 saturated heterocycles. The van der Waals surface area contributed by atoms with Crippen molar-refractivity contribution in [1.29, 1.82) is 0 Å². The fraction of sp³-hybridized carbons (Fsp3) is 0.480. The van der Waals surface area contributed by atoms with Gasteiger partial charge in [-0.2, -0.15) is 0 Å². The molecule has 1 fully saturated rings. The molecule has 0 radical (unpaired) electrons. The van der Waals surface area contributed by atoms with Gasteiger partial charge in [0.05, 0.1) is 0 Å². The van der Waals surface area contributed by atoms with Gasteiger partial charge in [-0.15, -0.1) is 0 Å². The first-order valence-corrected chi connectivity index (χ1v) is 16.0. The normalized spacial score (nSPS) is 27.8. The summed E-state index contributed by atoms with van der Waals surface area (Å²) >= 11 is 0. The van der Waals surface area contributed by atoms with Gasteiger partial charge in [-0.1, -0.05) is 0 Å². The summed E-state index contributed by atoms with van der Waals surface area (Å²) in [5.74, 6) is -0.351. The monoisotopic (exact) mass is 553 g/mol. The van der Waals surface area contributed by atoms with Gasteiger partial charge in [0.2, 0.25) is 0 Å². The van der Waals surface area contributed by atoms with Crippen molar-refractivity contribution in [2.24, 2.45) is 0 Å². The molecule has 1 spiro atoms. The Bertz CT molecular complexity index is 1240. The van der Waals surface area contributed by atoms with E-state index in [1.165, 1.54) is 4.90 Å². The Hall–Kier alpha value is -1.71. The molecule has 2 atom stereocenters. The number of carbonyl (C=O) groups is 1. The number of carbonyl (C=O) groups excluding carboxylic acids is 1. The van der Waals surface area contributed by atoms with Crippen LogP contribution in [0.15, 0.2) is 48.5 Å². The third kappa shape index (κ3) is 3.22. The fourth-order valence-electron chi connectivity index (χ4n) is 5.66. The van der Waals surface area contributed by atoms with Gasteiger partial charge in [-0.05, 0) is 0 Å². The number of fused-ring (bicyclic) bond motifs is 4. The van der Waals surface area contributed by atoms with Crippen molar-refractivity contribution in [2.75, 3.05) is 37.9 Å². The SMILES string of the molecule is CCOP(=O)(OCC)C12OP(OCC)(OCC)(OCC)OC13c1ccccc1C(=O)N3c1ccccc12. The Morgan fingerprint density at radius 1 is 0.784 bits per heavy atom. The van der Waals surface area contributed by atoms with E-state index in [0.29, 0.717) is 22.4 Å². The molecule has 0 saturated carbocycles. The quantitative estimate of drug-likeness (QED) is 0.300. The number of nitrogens with zero attached hydrogens (tertiary/aromatic N) is 1. The topological polar surface area (TPSA) is 102 Å². The molecule has 0 N–H and O–H groups in total. The van der Waals surface area contributed by atoms with Crippen LogP contribution in [0.5, 0.6) is 0 Å². The van der Waals surface area contributed by atoms with Gasteiger partial charge < -0.3 is 0 Å². The van der Waals surface area contributed by atoms with Crippen LogP contribution in [-0.4, -0.2) is 38.9 Å². The summed E-state index contributed by atoms with van der Waals surface area (Å²) in [5.41, 5.74) is -0.200. The third-order valence-electron chi connectivity index (χ3n) is 6.58. The van der Waals surface area contributed by atoms with E-state index in [1.54, 1.807) is 83.1 Å². The van der Waals surface area contributed by atoms with Crippen LogP contribution in [0.4, 0.5) is 5.69 Å². The Morgan fingerprint density at radius 2 is 1.32 bits per heavy atom. The molecule has 0 aliphatic carbocycles. The summed E-state index contributed by atoms with van der Waals surface area (Å²) < 4.78 is 59.6. The van der Waals surface area contributed by atoms with Crippen LogP contribution < -0.4 is 4.90 Å². The van der Waals surface area contributed by atoms with E-state index in [0.717, 1.165) is 0 Å². The summed E-state index contributed by atoms with van der Waals surface area (Å²) in [6.45, 7) is 9.05. The van der Waals surface area contributed by atoms with Crippen LogP contribution in [0.2, 0.25) is 0 Å². The molecule has 3 aliphatic rings. The Labute approximate surface area is 216 Å². The number of hydrogen-bond acceptors (Lipinski definition) is 9. The molecule has 2 aromatic rings. The van der Waals surface area contributed by atoms with Crippen molar-refractivity contribution in [3.05, 3.63) is 65.2 Å². The Morgan fingerprint density at radius 3 is 1.89 bits per heavy atom. The van der Waals surface area contributed by atoms with Crippen LogP contribution >= 0.6 is 15.3 Å². The Kier molecular flexibility index (Phi) is 6.68. The number of benzene rings is 2. The first-order chi connectivity index (χ1) is 17.8. The fourth-order valence-corrected chi connectivity index (χ4v) is 12.0. The average molecular weight is 553 g/mol. The van der Waals surface area contributed by atoms with Gasteiger partial charge in [-0.25, -0.2) is 0 Å². The average Bonchev–Trinajstić information content (AvgIpc) is 3.38. The number of anilines is 1. The van der Waals surface area contributed by atoms with Crippen molar-refractivity contribution in [1.82, 2.24) is 0 Å². The first kappa shape index (κ1) is 26.9. The number of rotatable bonds is 11. The second kappa shape index (κ2) is 9.19. The molecule has 12 heteroatoms. The molecule has 202 valence electrons. The number of amides is 1. The van der Waals surface area contributed by atoms with E-state index in [9.17, 15) is 4.79 Å². The number of para-hydroxylation sites is 1. The van der Waals surface area contributed by atoms with Gasteiger partial charge >= 0.3 is 217 Å². The minimum atomic E-state index is -5.02. The van der Waals surface area contributed by atoms with E-state index in [-0.39, 0.29) is 38.9 Å². The zero-order valence-corrected chi connectivity index (χ0v) is 23.5. The van der Waals surface area contributed by atoms with Gasteiger partial charge in [0.15, 0.2) is 0 Å². The van der Waals surface area contributed by atoms with Gasteiger partial charge in [0.1, 0.15) is 0 Å². The number of hydrogen-bond donors (Lipinski definition) is 0. The van der Waals surface area contributed by atoms with Gasteiger partial charge in [-0.3, -0.25) is 0 Å². The van der Waals surface area contributed by atoms with E-state index >= 15 is 4.57 Å². The first-order valence-electron chi connectivity index (χ1n) is 12.6. The van der Waals surface area contributed by atoms with Crippen LogP contribution in [0.3, 0.4) is 0 Å². The molecule has 1 amide bonds. The maximum absolute atomic E-state index is 15.1. The molecule has 2 aromatic carbocycles. The molecule has 10 nitrogen and oxygen atoms in total. The standard InChI is InChI=1S/C25H33NO9P2/c1-6-29-36(28,30-7-2)25-21-17-13-14-18-22(21)26-23(27)19-15-11-12-16-20(19)24(25,26)34-37(35-25,31-8-3,32-9-4)33-10-5/h11-18H,6-10H2,1-5H3. The maximum atomic E-state index is 15.1. The molecule has 37 heavy (non-hydrogen) atoms. The second-order valence-electron chi connectivity index (χ2n) is 8.51. The summed E-state index contributed by atoms with van der Waals surface area (Å²) in [6, 6.07) is 14.0. The molecule has 0 aromatic heterocycles. The van der Waals surface area contributed by atoms with E-state index in [1.807, 2.05) is 0 Å². The Balaban J connectivity index is 1.98. The summed E-state index contributed by atoms with van der Waals surface area (Å²) in [7, 11) is -9.35. The van der Waals surface area contributed by atoms with Crippen LogP contribution in [-0.2, 0) is 47.3 Å². The summed E-state index contributed by atoms with van der Waals surface area (Å²) in [4.78, 5) is 15.5. The molecule has 0 bridgehead atoms. The van der Waals surface area contributed by atoms with E-state index in [2.05, 4.69) is 0 Å². The van der Waals surface area contributed by atoms with Gasteiger partial charge in [0.25, 0.3) is 0 Å². The summed E-state index contributed by atoms with van der Waals surface area (Å²) in [5, 5.41) is -2.03. The van der Waals surface area contributed by atoms with Crippen LogP contribution in [0.25, 0.3) is 0 Å². The van der Waals surface area contributed by atoms with Crippen LogP contribution in [0, 0.1) is 0 Å². The van der Waals surface area contributed by atoms with E-state index in [4.69, 9.17) is 31.7 Å². The predicted octanol–water partition coefficient (Wildman–Crippen LogP) is 6.22. The van der Waals surface area contributed by atoms with Crippen molar-refractivity contribution < 1.29 is 41.0 Å². The van der Waals surface area contributed by atoms with E-state index < -0.39 is 26.4 Å². The van der Waals surface area contributed by atoms with Crippen molar-refractivity contribution in [3.63, 3.8) is 0 Å². The molecular formula is C25H33NO9P2. The van der Waals surface area contributed by atoms with Crippen molar-refractivity contribution in [3.8, 4) is 0 Å². The molecule has 2 unspecified atom stereocenters. The zero-order chi connectivity index (χ0) is 26.6. The van der Waals surface area contributed by atoms with Crippen molar-refractivity contribution in [2.45, 2.75) is 45.7 Å². The molecular weight excluding hydrogens is 520 g/mol. The van der Waals surface area contributed by atoms with Crippen LogP contribution in [0.1, 0.15) is 56.1 Å². The molecule has 3 aliphatic heterocycles. The predicted molar refractivity (Wildman–Crippen MR) is 138 cm³/mol. The van der Waals surface area contributed by atoms with Crippen molar-refractivity contribution >= 4 is 26.9 Å². The zero-order valence-electron chi connectivity index (χ0n) is 21.7. The third-order valence-corrected chi connectivity index (χ3v) is 12.5. The molecule has 5 rings (SSSR count). The van der Waals surface area contributed by atoms with Gasteiger partial charge in [0, 0.05) is 0 Å². The minimum absolute atomic E-state index is 0.0457. The molecule has 3 heterocycles. The summed E-state index contributed by atoms with van der Waals surface area (Å²) in [6.07, 6.45) is 0.